The molecule has 0 saturated carbocycles. The molecule has 1 aliphatic carbocycles. The van der Waals surface area contributed by atoms with Crippen LogP contribution >= 0.6 is 0 Å². The summed E-state index contributed by atoms with van der Waals surface area (Å²) in [7, 11) is 7.60. The molecule has 2 rings (SSSR count). The zero-order valence-electron chi connectivity index (χ0n) is 15.6. The first-order valence-electron chi connectivity index (χ1n) is 7.99. The van der Waals surface area contributed by atoms with Gasteiger partial charge in [0.1, 0.15) is 0 Å². The van der Waals surface area contributed by atoms with Crippen LogP contribution in [0.15, 0.2) is 54.1 Å². The third-order valence-corrected chi connectivity index (χ3v) is 4.33. The van der Waals surface area contributed by atoms with Crippen molar-refractivity contribution in [1.82, 2.24) is 0 Å². The molecule has 0 aliphatic heterocycles. The van der Waals surface area contributed by atoms with Crippen molar-refractivity contribution in [2.45, 2.75) is 11.6 Å². The van der Waals surface area contributed by atoms with Gasteiger partial charge in [-0.2, -0.15) is 0 Å². The maximum atomic E-state index is 11.5. The Labute approximate surface area is 153 Å². The third-order valence-electron chi connectivity index (χ3n) is 4.33. The van der Waals surface area contributed by atoms with Crippen molar-refractivity contribution < 1.29 is 28.5 Å². The molecule has 0 radical (unpaired) electrons. The fourth-order valence-electron chi connectivity index (χ4n) is 2.68. The van der Waals surface area contributed by atoms with Gasteiger partial charge in [0.05, 0.1) is 12.7 Å². The zero-order chi connectivity index (χ0) is 19.2. The van der Waals surface area contributed by atoms with Crippen LogP contribution < -0.4 is 0 Å². The first-order valence-corrected chi connectivity index (χ1v) is 7.99. The second kappa shape index (κ2) is 8.42. The van der Waals surface area contributed by atoms with Gasteiger partial charge in [0.15, 0.2) is 0 Å². The molecular formula is C20H24O6. The Kier molecular flexibility index (Phi) is 6.50. The molecule has 0 spiro atoms. The zero-order valence-corrected chi connectivity index (χ0v) is 15.6. The molecule has 0 saturated heterocycles. The lowest BCUT2D eigenvalue weighted by Gasteiger charge is -2.37. The Bertz CT molecular complexity index is 706. The molecule has 1 aromatic rings. The van der Waals surface area contributed by atoms with Crippen molar-refractivity contribution in [3.05, 3.63) is 65.3 Å². The Morgan fingerprint density at radius 3 is 1.96 bits per heavy atom. The highest BCUT2D eigenvalue weighted by atomic mass is 16.7. The number of hydrogen-bond acceptors (Lipinski definition) is 6. The Morgan fingerprint density at radius 1 is 0.846 bits per heavy atom. The summed E-state index contributed by atoms with van der Waals surface area (Å²) in [5.41, 5.74) is 2.10. The Balaban J connectivity index is 2.34. The van der Waals surface area contributed by atoms with Gasteiger partial charge in [0.2, 0.25) is 11.6 Å². The maximum absolute atomic E-state index is 11.5. The molecule has 0 aromatic heterocycles. The first kappa shape index (κ1) is 20.1. The molecule has 1 aromatic carbocycles. The van der Waals surface area contributed by atoms with Crippen molar-refractivity contribution in [2.24, 2.45) is 0 Å². The van der Waals surface area contributed by atoms with Gasteiger partial charge < -0.3 is 23.7 Å². The first-order chi connectivity index (χ1) is 12.5. The van der Waals surface area contributed by atoms with Crippen molar-refractivity contribution in [2.75, 3.05) is 35.5 Å². The molecule has 0 heterocycles. The van der Waals surface area contributed by atoms with E-state index >= 15 is 0 Å². The van der Waals surface area contributed by atoms with Crippen molar-refractivity contribution >= 4 is 12.0 Å². The van der Waals surface area contributed by atoms with E-state index in [-0.39, 0.29) is 5.97 Å². The SMILES string of the molecule is COC(=O)c1ccc(/C=C/C2=CC(OC)(OC)C=CC2(OC)OC)cc1. The van der Waals surface area contributed by atoms with Crippen LogP contribution in [-0.4, -0.2) is 53.1 Å². The van der Waals surface area contributed by atoms with Gasteiger partial charge in [-0.25, -0.2) is 4.79 Å². The van der Waals surface area contributed by atoms with E-state index in [2.05, 4.69) is 0 Å². The second-order valence-corrected chi connectivity index (χ2v) is 5.59. The summed E-state index contributed by atoms with van der Waals surface area (Å²) in [4.78, 5) is 11.5. The highest BCUT2D eigenvalue weighted by Gasteiger charge is 2.39. The minimum atomic E-state index is -1.04. The number of benzene rings is 1. The summed E-state index contributed by atoms with van der Waals surface area (Å²) in [5.74, 6) is -2.40. The van der Waals surface area contributed by atoms with Crippen LogP contribution in [0.3, 0.4) is 0 Å². The number of methoxy groups -OCH3 is 5. The maximum Gasteiger partial charge on any atom is 0.337 e. The third kappa shape index (κ3) is 3.94. The minimum Gasteiger partial charge on any atom is -0.465 e. The standard InChI is InChI=1S/C20H24O6/c1-22-18(21)16-9-6-15(7-10-16)8-11-17-14-19(23-2,24-3)12-13-20(17,25-4)26-5/h6-14H,1-5H3/b11-8+. The van der Waals surface area contributed by atoms with Crippen LogP contribution in [0, 0.1) is 0 Å². The molecular weight excluding hydrogens is 336 g/mol. The van der Waals surface area contributed by atoms with Crippen molar-refractivity contribution in [3.63, 3.8) is 0 Å². The smallest absolute Gasteiger partial charge is 0.337 e. The van der Waals surface area contributed by atoms with E-state index in [1.165, 1.54) is 7.11 Å². The van der Waals surface area contributed by atoms with Gasteiger partial charge in [-0.1, -0.05) is 24.3 Å². The normalized spacial score (nSPS) is 18.0. The fraction of sp³-hybridized carbons (Fsp3) is 0.350. The van der Waals surface area contributed by atoms with E-state index in [1.54, 1.807) is 58.8 Å². The Morgan fingerprint density at radius 2 is 1.46 bits per heavy atom. The number of hydrogen-bond donors (Lipinski definition) is 0. The molecule has 0 unspecified atom stereocenters. The van der Waals surface area contributed by atoms with Gasteiger partial charge in [-0.3, -0.25) is 0 Å². The second-order valence-electron chi connectivity index (χ2n) is 5.59. The van der Waals surface area contributed by atoms with Crippen LogP contribution in [0.4, 0.5) is 0 Å². The molecule has 1 aliphatic rings. The van der Waals surface area contributed by atoms with Crippen LogP contribution in [-0.2, 0) is 23.7 Å². The number of rotatable bonds is 7. The molecule has 26 heavy (non-hydrogen) atoms. The highest BCUT2D eigenvalue weighted by Crippen LogP contribution is 2.35. The van der Waals surface area contributed by atoms with Gasteiger partial charge in [0, 0.05) is 34.0 Å². The van der Waals surface area contributed by atoms with E-state index in [4.69, 9.17) is 23.7 Å². The predicted molar refractivity (Wildman–Crippen MR) is 97.5 cm³/mol. The van der Waals surface area contributed by atoms with Gasteiger partial charge in [0.25, 0.3) is 0 Å². The summed E-state index contributed by atoms with van der Waals surface area (Å²) in [6, 6.07) is 7.05. The molecule has 140 valence electrons. The van der Waals surface area contributed by atoms with Gasteiger partial charge in [-0.15, -0.1) is 0 Å². The number of ether oxygens (including phenoxy) is 5. The lowest BCUT2D eigenvalue weighted by Crippen LogP contribution is -2.41. The Hall–Kier alpha value is -2.25. The highest BCUT2D eigenvalue weighted by molar-refractivity contribution is 5.89. The van der Waals surface area contributed by atoms with Crippen LogP contribution in [0.2, 0.25) is 0 Å². The monoisotopic (exact) mass is 360 g/mol. The quantitative estimate of drug-likeness (QED) is 0.423. The molecule has 6 nitrogen and oxygen atoms in total. The minimum absolute atomic E-state index is 0.372. The summed E-state index contributed by atoms with van der Waals surface area (Å²) in [6.45, 7) is 0. The van der Waals surface area contributed by atoms with Gasteiger partial charge in [-0.05, 0) is 35.9 Å². The van der Waals surface area contributed by atoms with Gasteiger partial charge >= 0.3 is 5.97 Å². The molecule has 0 N–H and O–H groups in total. The predicted octanol–water partition coefficient (Wildman–Crippen LogP) is 2.96. The number of carbonyl (C=O) groups is 1. The fourth-order valence-corrected chi connectivity index (χ4v) is 2.68. The average Bonchev–Trinajstić information content (AvgIpc) is 2.71. The summed E-state index contributed by atoms with van der Waals surface area (Å²) in [6.07, 6.45) is 9.02. The number of carbonyl (C=O) groups excluding carboxylic acids is 1. The summed E-state index contributed by atoms with van der Waals surface area (Å²) >= 11 is 0. The van der Waals surface area contributed by atoms with Crippen molar-refractivity contribution in [3.8, 4) is 0 Å². The van der Waals surface area contributed by atoms with E-state index in [9.17, 15) is 4.79 Å². The molecule has 0 bridgehead atoms. The van der Waals surface area contributed by atoms with Crippen LogP contribution in [0.25, 0.3) is 6.08 Å². The lowest BCUT2D eigenvalue weighted by atomic mass is 9.94. The molecule has 0 amide bonds. The molecule has 0 atom stereocenters. The largest absolute Gasteiger partial charge is 0.465 e. The van der Waals surface area contributed by atoms with Crippen molar-refractivity contribution in [1.29, 1.82) is 0 Å². The van der Waals surface area contributed by atoms with E-state index < -0.39 is 11.6 Å². The lowest BCUT2D eigenvalue weighted by molar-refractivity contribution is -0.164. The average molecular weight is 360 g/mol. The molecule has 0 fully saturated rings. The van der Waals surface area contributed by atoms with E-state index in [0.29, 0.717) is 11.1 Å². The summed E-state index contributed by atoms with van der Waals surface area (Å²) in [5, 5.41) is 0. The van der Waals surface area contributed by atoms with E-state index in [0.717, 1.165) is 5.56 Å². The van der Waals surface area contributed by atoms with Crippen LogP contribution in [0.1, 0.15) is 15.9 Å². The summed E-state index contributed by atoms with van der Waals surface area (Å²) < 4.78 is 26.8. The van der Waals surface area contributed by atoms with Crippen LogP contribution in [0.5, 0.6) is 0 Å². The molecule has 6 heteroatoms. The van der Waals surface area contributed by atoms with E-state index in [1.807, 2.05) is 24.3 Å². The topological polar surface area (TPSA) is 63.2 Å². The number of esters is 1.